The molecular formula is C9H20N2O6Si. The Morgan fingerprint density at radius 1 is 1.39 bits per heavy atom. The first-order valence-corrected chi connectivity index (χ1v) is 6.72. The Kier molecular flexibility index (Phi) is 7.02. The molecule has 0 aromatic heterocycles. The molecule has 1 unspecified atom stereocenters. The number of methoxy groups -OCH3 is 3. The molecule has 9 heteroatoms. The minimum atomic E-state index is -1.78. The van der Waals surface area contributed by atoms with Crippen molar-refractivity contribution in [1.82, 2.24) is 4.90 Å². The highest BCUT2D eigenvalue weighted by atomic mass is 28.1. The van der Waals surface area contributed by atoms with Crippen LogP contribution in [0.15, 0.2) is 0 Å². The highest BCUT2D eigenvalue weighted by Gasteiger charge is 2.50. The lowest BCUT2D eigenvalue weighted by Gasteiger charge is -2.42. The Labute approximate surface area is 108 Å². The molecule has 0 aliphatic rings. The lowest BCUT2D eigenvalue weighted by Crippen LogP contribution is -2.65. The van der Waals surface area contributed by atoms with Gasteiger partial charge in [0.1, 0.15) is 12.7 Å². The van der Waals surface area contributed by atoms with E-state index in [1.54, 1.807) is 0 Å². The zero-order chi connectivity index (χ0) is 14.3. The third-order valence-electron chi connectivity index (χ3n) is 2.56. The minimum Gasteiger partial charge on any atom is -0.387 e. The summed E-state index contributed by atoms with van der Waals surface area (Å²) < 4.78 is 15.5. The van der Waals surface area contributed by atoms with Gasteiger partial charge < -0.3 is 25.1 Å². The highest BCUT2D eigenvalue weighted by Crippen LogP contribution is 2.26. The Morgan fingerprint density at radius 2 is 1.89 bits per heavy atom. The number of imide groups is 1. The molecule has 0 saturated carbocycles. The average Bonchev–Trinajstić information content (AvgIpc) is 2.37. The molecule has 0 aromatic rings. The van der Waals surface area contributed by atoms with Crippen LogP contribution in [0, 0.1) is 0 Å². The normalized spacial score (nSPS) is 13.3. The fourth-order valence-corrected chi connectivity index (χ4v) is 2.62. The maximum absolute atomic E-state index is 11.6. The van der Waals surface area contributed by atoms with E-state index < -0.39 is 30.6 Å². The average molecular weight is 280 g/mol. The van der Waals surface area contributed by atoms with Gasteiger partial charge in [0.05, 0.1) is 0 Å². The second-order valence-electron chi connectivity index (χ2n) is 3.40. The topological polar surface area (TPSA) is 111 Å². The van der Waals surface area contributed by atoms with Crippen molar-refractivity contribution in [2.75, 3.05) is 27.9 Å². The van der Waals surface area contributed by atoms with Crippen LogP contribution >= 0.6 is 0 Å². The summed E-state index contributed by atoms with van der Waals surface area (Å²) in [6, 6.07) is -0.560. The Bertz CT molecular complexity index is 293. The SMILES string of the molecule is COC(C[SiH3])C(OC)(OC)N(C(N)=O)C(=O)CO. The van der Waals surface area contributed by atoms with Crippen molar-refractivity contribution in [2.45, 2.75) is 18.1 Å². The lowest BCUT2D eigenvalue weighted by molar-refractivity contribution is -0.314. The summed E-state index contributed by atoms with van der Waals surface area (Å²) in [6.07, 6.45) is -0.692. The standard InChI is InChI=1S/C9H20N2O6Si/c1-15-6(5-18)9(16-2,17-3)11(8(10)14)7(13)4-12/h6,12H,4-5H2,1-3,18H3,(H2,10,14). The van der Waals surface area contributed by atoms with Crippen LogP contribution in [0.4, 0.5) is 4.79 Å². The summed E-state index contributed by atoms with van der Waals surface area (Å²) in [4.78, 5) is 23.6. The number of carbonyl (C=O) groups excluding carboxylic acids is 2. The zero-order valence-electron chi connectivity index (χ0n) is 11.0. The molecule has 0 aliphatic carbocycles. The second kappa shape index (κ2) is 7.44. The molecule has 0 saturated heterocycles. The van der Waals surface area contributed by atoms with Crippen LogP contribution in [0.1, 0.15) is 0 Å². The van der Waals surface area contributed by atoms with E-state index >= 15 is 0 Å². The molecule has 3 N–H and O–H groups in total. The van der Waals surface area contributed by atoms with E-state index in [0.29, 0.717) is 10.9 Å². The molecule has 18 heavy (non-hydrogen) atoms. The van der Waals surface area contributed by atoms with Crippen molar-refractivity contribution >= 4 is 22.2 Å². The number of amides is 3. The predicted octanol–water partition coefficient (Wildman–Crippen LogP) is -2.37. The van der Waals surface area contributed by atoms with Gasteiger partial charge in [0.25, 0.3) is 11.8 Å². The molecule has 0 heterocycles. The molecule has 0 aromatic carbocycles. The van der Waals surface area contributed by atoms with E-state index in [1.165, 1.54) is 21.3 Å². The van der Waals surface area contributed by atoms with Crippen molar-refractivity contribution in [3.63, 3.8) is 0 Å². The monoisotopic (exact) mass is 280 g/mol. The van der Waals surface area contributed by atoms with Crippen LogP contribution in [-0.4, -0.2) is 72.1 Å². The number of rotatable bonds is 7. The number of aliphatic hydroxyl groups is 1. The number of nitrogens with two attached hydrogens (primary N) is 1. The number of hydrogen-bond donors (Lipinski definition) is 2. The van der Waals surface area contributed by atoms with Crippen molar-refractivity contribution < 1.29 is 28.9 Å². The van der Waals surface area contributed by atoms with Crippen LogP contribution in [-0.2, 0) is 19.0 Å². The Morgan fingerprint density at radius 3 is 2.11 bits per heavy atom. The summed E-state index contributed by atoms with van der Waals surface area (Å²) in [5.41, 5.74) is 5.15. The zero-order valence-corrected chi connectivity index (χ0v) is 13.0. The van der Waals surface area contributed by atoms with Crippen LogP contribution in [0.2, 0.25) is 6.04 Å². The predicted molar refractivity (Wildman–Crippen MR) is 65.8 cm³/mol. The number of ether oxygens (including phenoxy) is 3. The van der Waals surface area contributed by atoms with Gasteiger partial charge in [0.2, 0.25) is 0 Å². The van der Waals surface area contributed by atoms with E-state index in [2.05, 4.69) is 0 Å². The highest BCUT2D eigenvalue weighted by molar-refractivity contribution is 6.09. The van der Waals surface area contributed by atoms with Gasteiger partial charge in [-0.25, -0.2) is 9.69 Å². The molecule has 0 bridgehead atoms. The fourth-order valence-electron chi connectivity index (χ4n) is 1.77. The summed E-state index contributed by atoms with van der Waals surface area (Å²) in [6.45, 7) is -0.894. The van der Waals surface area contributed by atoms with Crippen molar-refractivity contribution in [1.29, 1.82) is 0 Å². The number of primary amides is 1. The molecule has 0 fully saturated rings. The molecule has 106 valence electrons. The van der Waals surface area contributed by atoms with Crippen molar-refractivity contribution in [2.24, 2.45) is 5.73 Å². The van der Waals surface area contributed by atoms with Crippen LogP contribution in [0.5, 0.6) is 0 Å². The summed E-state index contributed by atoms with van der Waals surface area (Å²) in [5.74, 6) is -2.70. The Balaban J connectivity index is 5.64. The van der Waals surface area contributed by atoms with Crippen molar-refractivity contribution in [3.05, 3.63) is 0 Å². The first-order valence-electron chi connectivity index (χ1n) is 5.31. The first kappa shape index (κ1) is 17.0. The van der Waals surface area contributed by atoms with E-state index in [4.69, 9.17) is 25.1 Å². The molecule has 3 amide bonds. The molecule has 1 atom stereocenters. The molecule has 0 spiro atoms. The number of hydrogen-bond acceptors (Lipinski definition) is 6. The van der Waals surface area contributed by atoms with Gasteiger partial charge in [0.15, 0.2) is 0 Å². The van der Waals surface area contributed by atoms with Crippen LogP contribution < -0.4 is 5.73 Å². The smallest absolute Gasteiger partial charge is 0.325 e. The van der Waals surface area contributed by atoms with Gasteiger partial charge in [-0.3, -0.25) is 4.79 Å². The third kappa shape index (κ3) is 3.06. The molecule has 0 radical (unpaired) electrons. The summed E-state index contributed by atoms with van der Waals surface area (Å²) >= 11 is 0. The maximum atomic E-state index is 11.6. The van der Waals surface area contributed by atoms with Crippen molar-refractivity contribution in [3.8, 4) is 0 Å². The lowest BCUT2D eigenvalue weighted by atomic mass is 10.2. The van der Waals surface area contributed by atoms with E-state index in [0.717, 1.165) is 10.2 Å². The van der Waals surface area contributed by atoms with Gasteiger partial charge in [-0.05, 0) is 6.04 Å². The van der Waals surface area contributed by atoms with Crippen LogP contribution in [0.25, 0.3) is 0 Å². The molecule has 0 rings (SSSR count). The maximum Gasteiger partial charge on any atom is 0.325 e. The van der Waals surface area contributed by atoms with Gasteiger partial charge >= 0.3 is 6.03 Å². The number of aliphatic hydroxyl groups excluding tert-OH is 1. The van der Waals surface area contributed by atoms with E-state index in [9.17, 15) is 9.59 Å². The van der Waals surface area contributed by atoms with Crippen LogP contribution in [0.3, 0.4) is 0 Å². The summed E-state index contributed by atoms with van der Waals surface area (Å²) in [7, 11) is 4.64. The number of carbonyl (C=O) groups is 2. The largest absolute Gasteiger partial charge is 0.387 e. The summed E-state index contributed by atoms with van der Waals surface area (Å²) in [5, 5.41) is 8.89. The third-order valence-corrected chi connectivity index (χ3v) is 3.31. The number of urea groups is 1. The molecule has 0 aliphatic heterocycles. The van der Waals surface area contributed by atoms with E-state index in [1.807, 2.05) is 0 Å². The fraction of sp³-hybridized carbons (Fsp3) is 0.778. The Hall–Kier alpha value is -1.00. The minimum absolute atomic E-state index is 0.527. The first-order chi connectivity index (χ1) is 8.44. The quantitative estimate of drug-likeness (QED) is 0.398. The second-order valence-corrected chi connectivity index (χ2v) is 4.21. The number of nitrogens with zero attached hydrogens (tertiary/aromatic N) is 1. The molecule has 8 nitrogen and oxygen atoms in total. The molecular weight excluding hydrogens is 260 g/mol. The van der Waals surface area contributed by atoms with E-state index in [-0.39, 0.29) is 0 Å². The van der Waals surface area contributed by atoms with Gasteiger partial charge in [-0.15, -0.1) is 0 Å². The van der Waals surface area contributed by atoms with Gasteiger partial charge in [-0.2, -0.15) is 0 Å². The van der Waals surface area contributed by atoms with Gasteiger partial charge in [-0.1, -0.05) is 0 Å². The van der Waals surface area contributed by atoms with Gasteiger partial charge in [0, 0.05) is 31.6 Å².